The third-order valence-corrected chi connectivity index (χ3v) is 6.52. The summed E-state index contributed by atoms with van der Waals surface area (Å²) in [5, 5.41) is 12.3. The first-order valence-electron chi connectivity index (χ1n) is 11.7. The first-order valence-corrected chi connectivity index (χ1v) is 11.7. The number of carbonyl (C=O) groups is 1. The highest BCUT2D eigenvalue weighted by atomic mass is 16.5. The maximum absolute atomic E-state index is 12.8. The number of imidazole rings is 1. The molecule has 9 nitrogen and oxygen atoms in total. The zero-order valence-electron chi connectivity index (χ0n) is 19.4. The normalized spacial score (nSPS) is 15.8. The average Bonchev–Trinajstić information content (AvgIpc) is 3.52. The second kappa shape index (κ2) is 9.17. The number of amides is 1. The molecule has 2 aromatic heterocycles. The predicted molar refractivity (Wildman–Crippen MR) is 130 cm³/mol. The van der Waals surface area contributed by atoms with E-state index in [0.717, 1.165) is 41.5 Å². The number of anilines is 1. The molecule has 1 aliphatic heterocycles. The number of fused-ring (bicyclic) bond motifs is 2. The number of rotatable bonds is 7. The van der Waals surface area contributed by atoms with E-state index in [4.69, 9.17) is 4.74 Å². The van der Waals surface area contributed by atoms with Crippen molar-refractivity contribution in [2.45, 2.75) is 32.7 Å². The SMILES string of the molecule is CCN(CC)C(=O)c1cc2cccc(OCC3CCCN3c3ncnc4nc[nH]c34)c2cc1O. The topological polar surface area (TPSA) is 107 Å². The highest BCUT2D eigenvalue weighted by molar-refractivity contribution is 6.02. The van der Waals surface area contributed by atoms with Crippen LogP contribution in [0, 0.1) is 0 Å². The minimum atomic E-state index is -0.174. The van der Waals surface area contributed by atoms with Crippen LogP contribution in [0.5, 0.6) is 11.5 Å². The van der Waals surface area contributed by atoms with E-state index in [2.05, 4.69) is 24.8 Å². The molecule has 0 radical (unpaired) electrons. The Kier molecular flexibility index (Phi) is 5.91. The number of phenols is 1. The molecule has 9 heteroatoms. The molecule has 1 unspecified atom stereocenters. The second-order valence-corrected chi connectivity index (χ2v) is 8.42. The Morgan fingerprint density at radius 3 is 2.91 bits per heavy atom. The van der Waals surface area contributed by atoms with E-state index in [1.807, 2.05) is 32.0 Å². The van der Waals surface area contributed by atoms with E-state index in [-0.39, 0.29) is 17.7 Å². The van der Waals surface area contributed by atoms with E-state index in [1.54, 1.807) is 29.7 Å². The molecule has 0 spiro atoms. The third-order valence-electron chi connectivity index (χ3n) is 6.52. The first-order chi connectivity index (χ1) is 16.6. The number of aromatic amines is 1. The molecule has 1 atom stereocenters. The monoisotopic (exact) mass is 460 g/mol. The highest BCUT2D eigenvalue weighted by Crippen LogP contribution is 2.34. The third kappa shape index (κ3) is 3.87. The number of aromatic hydroxyl groups is 1. The lowest BCUT2D eigenvalue weighted by atomic mass is 10.0. The molecular formula is C25H28N6O3. The van der Waals surface area contributed by atoms with Gasteiger partial charge < -0.3 is 24.6 Å². The van der Waals surface area contributed by atoms with Crippen molar-refractivity contribution in [1.82, 2.24) is 24.8 Å². The van der Waals surface area contributed by atoms with Crippen molar-refractivity contribution in [2.24, 2.45) is 0 Å². The fourth-order valence-electron chi connectivity index (χ4n) is 4.71. The van der Waals surface area contributed by atoms with Gasteiger partial charge in [0.1, 0.15) is 29.9 Å². The molecule has 2 aromatic carbocycles. The number of carbonyl (C=O) groups excluding carboxylic acids is 1. The Bertz CT molecular complexity index is 1330. The summed E-state index contributed by atoms with van der Waals surface area (Å²) in [5.41, 5.74) is 1.79. The molecule has 1 fully saturated rings. The van der Waals surface area contributed by atoms with Gasteiger partial charge in [0.15, 0.2) is 11.5 Å². The van der Waals surface area contributed by atoms with Crippen LogP contribution in [0.15, 0.2) is 43.0 Å². The average molecular weight is 461 g/mol. The van der Waals surface area contributed by atoms with Crippen molar-refractivity contribution >= 4 is 33.7 Å². The van der Waals surface area contributed by atoms with Crippen molar-refractivity contribution in [3.63, 3.8) is 0 Å². The van der Waals surface area contributed by atoms with Crippen LogP contribution in [0.4, 0.5) is 5.82 Å². The van der Waals surface area contributed by atoms with Gasteiger partial charge in [-0.25, -0.2) is 15.0 Å². The van der Waals surface area contributed by atoms with Crippen LogP contribution in [0.2, 0.25) is 0 Å². The fraction of sp³-hybridized carbons (Fsp3) is 0.360. The maximum Gasteiger partial charge on any atom is 0.257 e. The minimum Gasteiger partial charge on any atom is -0.507 e. The summed E-state index contributed by atoms with van der Waals surface area (Å²) in [4.78, 5) is 32.8. The molecule has 5 rings (SSSR count). The molecule has 0 saturated carbocycles. The number of aromatic nitrogens is 4. The molecular weight excluding hydrogens is 432 g/mol. The summed E-state index contributed by atoms with van der Waals surface area (Å²) in [6, 6.07) is 9.25. The number of nitrogens with zero attached hydrogens (tertiary/aromatic N) is 5. The Balaban J connectivity index is 1.39. The minimum absolute atomic E-state index is 0.0365. The quantitative estimate of drug-likeness (QED) is 0.433. The zero-order chi connectivity index (χ0) is 23.7. The van der Waals surface area contributed by atoms with Crippen molar-refractivity contribution < 1.29 is 14.6 Å². The van der Waals surface area contributed by atoms with E-state index in [1.165, 1.54) is 0 Å². The molecule has 1 amide bonds. The lowest BCUT2D eigenvalue weighted by Gasteiger charge is -2.26. The van der Waals surface area contributed by atoms with Crippen LogP contribution in [-0.2, 0) is 0 Å². The van der Waals surface area contributed by atoms with Gasteiger partial charge in [0.05, 0.1) is 17.9 Å². The lowest BCUT2D eigenvalue weighted by molar-refractivity contribution is 0.0770. The van der Waals surface area contributed by atoms with Crippen molar-refractivity contribution in [3.8, 4) is 11.5 Å². The van der Waals surface area contributed by atoms with Crippen LogP contribution in [-0.4, -0.2) is 68.1 Å². The van der Waals surface area contributed by atoms with Crippen LogP contribution < -0.4 is 9.64 Å². The van der Waals surface area contributed by atoms with E-state index >= 15 is 0 Å². The molecule has 1 aliphatic rings. The van der Waals surface area contributed by atoms with Gasteiger partial charge in [-0.1, -0.05) is 12.1 Å². The van der Waals surface area contributed by atoms with E-state index in [0.29, 0.717) is 36.7 Å². The Labute approximate surface area is 197 Å². The number of hydrogen-bond acceptors (Lipinski definition) is 7. The summed E-state index contributed by atoms with van der Waals surface area (Å²) in [7, 11) is 0. The Morgan fingerprint density at radius 1 is 1.24 bits per heavy atom. The van der Waals surface area contributed by atoms with Gasteiger partial charge in [-0.2, -0.15) is 0 Å². The molecule has 34 heavy (non-hydrogen) atoms. The van der Waals surface area contributed by atoms with Gasteiger partial charge in [0.25, 0.3) is 5.91 Å². The summed E-state index contributed by atoms with van der Waals surface area (Å²) in [5.74, 6) is 1.30. The van der Waals surface area contributed by atoms with Crippen LogP contribution in [0.1, 0.15) is 37.0 Å². The molecule has 4 aromatic rings. The predicted octanol–water partition coefficient (Wildman–Crippen LogP) is 3.74. The number of hydrogen-bond donors (Lipinski definition) is 2. The second-order valence-electron chi connectivity index (χ2n) is 8.42. The fourth-order valence-corrected chi connectivity index (χ4v) is 4.71. The maximum atomic E-state index is 12.8. The van der Waals surface area contributed by atoms with E-state index < -0.39 is 0 Å². The highest BCUT2D eigenvalue weighted by Gasteiger charge is 2.28. The summed E-state index contributed by atoms with van der Waals surface area (Å²) < 4.78 is 6.28. The number of nitrogens with one attached hydrogen (secondary N) is 1. The van der Waals surface area contributed by atoms with Gasteiger partial charge in [-0.15, -0.1) is 0 Å². The summed E-state index contributed by atoms with van der Waals surface area (Å²) >= 11 is 0. The van der Waals surface area contributed by atoms with Gasteiger partial charge in [-0.05, 0) is 50.3 Å². The zero-order valence-corrected chi connectivity index (χ0v) is 19.4. The van der Waals surface area contributed by atoms with Crippen LogP contribution >= 0.6 is 0 Å². The van der Waals surface area contributed by atoms with Gasteiger partial charge in [0, 0.05) is 25.0 Å². The van der Waals surface area contributed by atoms with Gasteiger partial charge in [-0.3, -0.25) is 4.79 Å². The number of H-pyrrole nitrogens is 1. The Hall–Kier alpha value is -3.88. The molecule has 1 saturated heterocycles. The lowest BCUT2D eigenvalue weighted by Crippen LogP contribution is -2.35. The molecule has 3 heterocycles. The Morgan fingerprint density at radius 2 is 2.09 bits per heavy atom. The standard InChI is InChI=1S/C25H28N6O3/c1-3-30(4-2)25(33)19-11-16-7-5-9-21(18(16)12-20(19)32)34-13-17-8-6-10-31(17)24-22-23(27-14-26-22)28-15-29-24/h5,7,9,11-12,14-15,17,32H,3-4,6,8,10,13H2,1-2H3,(H,26,27,28,29). The van der Waals surface area contributed by atoms with Crippen molar-refractivity contribution in [1.29, 1.82) is 0 Å². The van der Waals surface area contributed by atoms with Crippen LogP contribution in [0.25, 0.3) is 21.9 Å². The molecule has 0 bridgehead atoms. The number of phenolic OH excluding ortho intramolecular Hbond substituents is 1. The van der Waals surface area contributed by atoms with Crippen molar-refractivity contribution in [2.75, 3.05) is 31.1 Å². The largest absolute Gasteiger partial charge is 0.507 e. The number of ether oxygens (including phenoxy) is 1. The van der Waals surface area contributed by atoms with Gasteiger partial charge in [0.2, 0.25) is 0 Å². The van der Waals surface area contributed by atoms with Gasteiger partial charge >= 0.3 is 0 Å². The molecule has 0 aliphatic carbocycles. The summed E-state index contributed by atoms with van der Waals surface area (Å²) in [6.07, 6.45) is 5.20. The smallest absolute Gasteiger partial charge is 0.257 e. The number of benzene rings is 2. The van der Waals surface area contributed by atoms with Crippen molar-refractivity contribution in [3.05, 3.63) is 48.5 Å². The first kappa shape index (κ1) is 21.9. The summed E-state index contributed by atoms with van der Waals surface area (Å²) in [6.45, 7) is 6.38. The molecule has 2 N–H and O–H groups in total. The van der Waals surface area contributed by atoms with Crippen LogP contribution in [0.3, 0.4) is 0 Å². The van der Waals surface area contributed by atoms with E-state index in [9.17, 15) is 9.90 Å². The molecule has 176 valence electrons.